The van der Waals surface area contributed by atoms with Crippen LogP contribution >= 0.6 is 23.8 Å². The standard InChI is InChI=1S/C18H19ClN2O2S/c1-11-4-3-5-14(19)16(11)17(24)21-15(18(22)23-2)10-12-6-8-13(20)9-7-12/h3-9,15H,10,20H2,1-2H3,(H,21,24)/t15-/m0/s1. The summed E-state index contributed by atoms with van der Waals surface area (Å²) in [7, 11) is 1.35. The summed E-state index contributed by atoms with van der Waals surface area (Å²) in [5, 5.41) is 3.61. The van der Waals surface area contributed by atoms with Crippen LogP contribution in [0.3, 0.4) is 0 Å². The van der Waals surface area contributed by atoms with Crippen LogP contribution in [-0.4, -0.2) is 24.1 Å². The topological polar surface area (TPSA) is 64.3 Å². The summed E-state index contributed by atoms with van der Waals surface area (Å²) in [6.07, 6.45) is 0.427. The Hall–Kier alpha value is -2.11. The molecule has 0 unspecified atom stereocenters. The fraction of sp³-hybridized carbons (Fsp3) is 0.222. The lowest BCUT2D eigenvalue weighted by atomic mass is 10.0. The third-order valence-corrected chi connectivity index (χ3v) is 4.30. The zero-order valence-electron chi connectivity index (χ0n) is 13.5. The summed E-state index contributed by atoms with van der Waals surface area (Å²) >= 11 is 11.7. The first-order valence-corrected chi connectivity index (χ1v) is 8.19. The molecule has 0 amide bonds. The molecule has 2 aromatic rings. The smallest absolute Gasteiger partial charge is 0.328 e. The lowest BCUT2D eigenvalue weighted by Gasteiger charge is -2.20. The number of thiocarbonyl (C=S) groups is 1. The number of benzene rings is 2. The number of aryl methyl sites for hydroxylation is 1. The van der Waals surface area contributed by atoms with Crippen molar-refractivity contribution < 1.29 is 9.53 Å². The minimum atomic E-state index is -0.609. The van der Waals surface area contributed by atoms with E-state index in [0.29, 0.717) is 22.1 Å². The van der Waals surface area contributed by atoms with Gasteiger partial charge in [-0.05, 0) is 36.2 Å². The minimum absolute atomic E-state index is 0.390. The number of ether oxygens (including phenoxy) is 1. The van der Waals surface area contributed by atoms with Crippen LogP contribution in [0.15, 0.2) is 42.5 Å². The van der Waals surface area contributed by atoms with Crippen LogP contribution in [0.25, 0.3) is 0 Å². The average molecular weight is 363 g/mol. The normalized spacial score (nSPS) is 11.6. The van der Waals surface area contributed by atoms with Gasteiger partial charge in [0.25, 0.3) is 0 Å². The molecule has 0 saturated heterocycles. The Kier molecular flexibility index (Phi) is 6.17. The molecule has 0 heterocycles. The predicted molar refractivity (Wildman–Crippen MR) is 101 cm³/mol. The van der Waals surface area contributed by atoms with Gasteiger partial charge in [-0.25, -0.2) is 4.79 Å². The highest BCUT2D eigenvalue weighted by atomic mass is 35.5. The van der Waals surface area contributed by atoms with Gasteiger partial charge in [-0.1, -0.05) is 48.1 Å². The molecule has 2 rings (SSSR count). The van der Waals surface area contributed by atoms with E-state index in [1.807, 2.05) is 31.2 Å². The number of nitrogen functional groups attached to an aromatic ring is 1. The zero-order chi connectivity index (χ0) is 17.7. The molecule has 0 aliphatic heterocycles. The zero-order valence-corrected chi connectivity index (χ0v) is 15.1. The molecule has 0 fully saturated rings. The summed E-state index contributed by atoms with van der Waals surface area (Å²) in [4.78, 5) is 12.5. The third-order valence-electron chi connectivity index (χ3n) is 3.66. The van der Waals surface area contributed by atoms with E-state index in [1.165, 1.54) is 7.11 Å². The monoisotopic (exact) mass is 362 g/mol. The van der Waals surface area contributed by atoms with Crippen molar-refractivity contribution in [2.45, 2.75) is 19.4 Å². The fourth-order valence-corrected chi connectivity index (χ4v) is 3.16. The number of rotatable bonds is 5. The SMILES string of the molecule is COC(=O)[C@H](Cc1ccc(N)cc1)NC(=S)c1c(C)cccc1Cl. The number of hydrogen-bond donors (Lipinski definition) is 2. The molecule has 6 heteroatoms. The largest absolute Gasteiger partial charge is 0.467 e. The van der Waals surface area contributed by atoms with Gasteiger partial charge >= 0.3 is 5.97 Å². The average Bonchev–Trinajstić information content (AvgIpc) is 2.55. The summed E-state index contributed by atoms with van der Waals surface area (Å²) in [6, 6.07) is 12.3. The Morgan fingerprint density at radius 3 is 2.54 bits per heavy atom. The number of carbonyl (C=O) groups excluding carboxylic acids is 1. The highest BCUT2D eigenvalue weighted by molar-refractivity contribution is 7.80. The van der Waals surface area contributed by atoms with Gasteiger partial charge in [0.1, 0.15) is 11.0 Å². The van der Waals surface area contributed by atoms with Gasteiger partial charge < -0.3 is 15.8 Å². The maximum absolute atomic E-state index is 12.1. The summed E-state index contributed by atoms with van der Waals surface area (Å²) in [5.74, 6) is -0.390. The summed E-state index contributed by atoms with van der Waals surface area (Å²) in [5.41, 5.74) is 8.97. The number of methoxy groups -OCH3 is 1. The van der Waals surface area contributed by atoms with Gasteiger partial charge in [0.2, 0.25) is 0 Å². The van der Waals surface area contributed by atoms with Crippen molar-refractivity contribution in [3.63, 3.8) is 0 Å². The molecule has 0 aliphatic rings. The van der Waals surface area contributed by atoms with Crippen molar-refractivity contribution in [1.82, 2.24) is 5.32 Å². The first-order valence-electron chi connectivity index (χ1n) is 7.40. The van der Waals surface area contributed by atoms with E-state index in [0.717, 1.165) is 16.7 Å². The molecule has 0 radical (unpaired) electrons. The molecule has 0 aliphatic carbocycles. The van der Waals surface area contributed by atoms with Gasteiger partial charge in [-0.15, -0.1) is 0 Å². The van der Waals surface area contributed by atoms with Crippen molar-refractivity contribution in [2.24, 2.45) is 0 Å². The van der Waals surface area contributed by atoms with E-state index in [4.69, 9.17) is 34.3 Å². The second-order valence-corrected chi connectivity index (χ2v) is 6.24. The lowest BCUT2D eigenvalue weighted by Crippen LogP contribution is -2.43. The highest BCUT2D eigenvalue weighted by Crippen LogP contribution is 2.20. The quantitative estimate of drug-likeness (QED) is 0.485. The number of nitrogens with one attached hydrogen (secondary N) is 1. The van der Waals surface area contributed by atoms with Crippen LogP contribution in [-0.2, 0) is 16.0 Å². The molecular weight excluding hydrogens is 344 g/mol. The van der Waals surface area contributed by atoms with E-state index in [2.05, 4.69) is 5.32 Å². The molecule has 0 saturated carbocycles. The Bertz CT molecular complexity index is 727. The van der Waals surface area contributed by atoms with Crippen molar-refractivity contribution >= 4 is 40.5 Å². The maximum atomic E-state index is 12.1. The van der Waals surface area contributed by atoms with Crippen LogP contribution < -0.4 is 11.1 Å². The number of nitrogens with two attached hydrogens (primary N) is 1. The molecule has 3 N–H and O–H groups in total. The maximum Gasteiger partial charge on any atom is 0.328 e. The van der Waals surface area contributed by atoms with Crippen molar-refractivity contribution in [3.8, 4) is 0 Å². The predicted octanol–water partition coefficient (Wildman–Crippen LogP) is 3.28. The Morgan fingerprint density at radius 1 is 1.29 bits per heavy atom. The second kappa shape index (κ2) is 8.13. The fourth-order valence-electron chi connectivity index (χ4n) is 2.37. The van der Waals surface area contributed by atoms with E-state index in [9.17, 15) is 4.79 Å². The minimum Gasteiger partial charge on any atom is -0.467 e. The molecule has 1 atom stereocenters. The molecule has 24 heavy (non-hydrogen) atoms. The molecular formula is C18H19ClN2O2S. The first kappa shape index (κ1) is 18.2. The van der Waals surface area contributed by atoms with Crippen LogP contribution in [0.2, 0.25) is 5.02 Å². The molecule has 2 aromatic carbocycles. The van der Waals surface area contributed by atoms with E-state index in [-0.39, 0.29) is 5.97 Å². The Balaban J connectivity index is 2.21. The lowest BCUT2D eigenvalue weighted by molar-refractivity contribution is -0.142. The van der Waals surface area contributed by atoms with Gasteiger partial charge in [-0.3, -0.25) is 0 Å². The van der Waals surface area contributed by atoms with Crippen molar-refractivity contribution in [1.29, 1.82) is 0 Å². The van der Waals surface area contributed by atoms with E-state index < -0.39 is 6.04 Å². The van der Waals surface area contributed by atoms with Crippen LogP contribution in [0, 0.1) is 6.92 Å². The molecule has 4 nitrogen and oxygen atoms in total. The van der Waals surface area contributed by atoms with E-state index in [1.54, 1.807) is 18.2 Å². The molecule has 0 spiro atoms. The van der Waals surface area contributed by atoms with E-state index >= 15 is 0 Å². The second-order valence-electron chi connectivity index (χ2n) is 5.43. The first-order chi connectivity index (χ1) is 11.4. The van der Waals surface area contributed by atoms with Crippen LogP contribution in [0.4, 0.5) is 5.69 Å². The van der Waals surface area contributed by atoms with Gasteiger partial charge in [0.15, 0.2) is 0 Å². The Morgan fingerprint density at radius 2 is 1.96 bits per heavy atom. The summed E-state index contributed by atoms with van der Waals surface area (Å²) < 4.78 is 4.89. The number of carbonyl (C=O) groups is 1. The number of anilines is 1. The molecule has 0 aromatic heterocycles. The molecule has 0 bridgehead atoms. The highest BCUT2D eigenvalue weighted by Gasteiger charge is 2.22. The number of halogens is 1. The van der Waals surface area contributed by atoms with Crippen LogP contribution in [0.1, 0.15) is 16.7 Å². The number of hydrogen-bond acceptors (Lipinski definition) is 4. The van der Waals surface area contributed by atoms with Gasteiger partial charge in [-0.2, -0.15) is 0 Å². The Labute approximate surface area is 152 Å². The summed E-state index contributed by atoms with van der Waals surface area (Å²) in [6.45, 7) is 1.92. The number of esters is 1. The van der Waals surface area contributed by atoms with Crippen LogP contribution in [0.5, 0.6) is 0 Å². The van der Waals surface area contributed by atoms with Crippen molar-refractivity contribution in [2.75, 3.05) is 12.8 Å². The van der Waals surface area contributed by atoms with Gasteiger partial charge in [0, 0.05) is 17.7 Å². The van der Waals surface area contributed by atoms with Gasteiger partial charge in [0.05, 0.1) is 12.1 Å². The molecule has 126 valence electrons. The van der Waals surface area contributed by atoms with Crippen molar-refractivity contribution in [3.05, 3.63) is 64.2 Å². The third kappa shape index (κ3) is 4.46.